The van der Waals surface area contributed by atoms with E-state index in [2.05, 4.69) is 0 Å². The Kier molecular flexibility index (Phi) is 6.66. The highest BCUT2D eigenvalue weighted by Crippen LogP contribution is 2.46. The molecule has 202 valence electrons. The van der Waals surface area contributed by atoms with Crippen LogP contribution in [0.5, 0.6) is 11.5 Å². The molecule has 4 aromatic rings. The van der Waals surface area contributed by atoms with Crippen molar-refractivity contribution >= 4 is 11.8 Å². The monoisotopic (exact) mass is 542 g/mol. The normalized spacial score (nSPS) is 20.3. The van der Waals surface area contributed by atoms with Crippen molar-refractivity contribution in [2.75, 3.05) is 0 Å². The first-order chi connectivity index (χ1) is 19.3. The quantitative estimate of drug-likeness (QED) is 0.149. The number of fused-ring (bicyclic) bond motifs is 2. The van der Waals surface area contributed by atoms with Gasteiger partial charge in [-0.25, -0.2) is 0 Å². The molecule has 4 aromatic carbocycles. The molecule has 2 aliphatic rings. The molecular weight excluding hydrogens is 517 g/mol. The van der Waals surface area contributed by atoms with E-state index in [0.29, 0.717) is 29.0 Å². The maximum absolute atomic E-state index is 13.5. The highest BCUT2D eigenvalue weighted by atomic mass is 19.4. The summed E-state index contributed by atoms with van der Waals surface area (Å²) < 4.78 is 49.8. The third-order valence-electron chi connectivity index (χ3n) is 7.80. The van der Waals surface area contributed by atoms with Crippen LogP contribution < -0.4 is 9.47 Å². The zero-order valence-electron chi connectivity index (χ0n) is 21.4. The summed E-state index contributed by atoms with van der Waals surface area (Å²) in [5.41, 5.74) is 3.53. The fraction of sp³-hybridized carbons (Fsp3) is 0.212. The van der Waals surface area contributed by atoms with Gasteiger partial charge >= 0.3 is 12.1 Å². The lowest BCUT2D eigenvalue weighted by atomic mass is 9.68. The maximum atomic E-state index is 13.5. The number of ether oxygens (including phenoxy) is 2. The van der Waals surface area contributed by atoms with Crippen LogP contribution >= 0.6 is 0 Å². The first-order valence-corrected chi connectivity index (χ1v) is 13.1. The first-order valence-electron chi connectivity index (χ1n) is 13.1. The van der Waals surface area contributed by atoms with E-state index < -0.39 is 23.6 Å². The van der Waals surface area contributed by atoms with Gasteiger partial charge in [0.25, 0.3) is 0 Å². The van der Waals surface area contributed by atoms with E-state index >= 15 is 0 Å². The van der Waals surface area contributed by atoms with Crippen LogP contribution in [0.1, 0.15) is 56.4 Å². The van der Waals surface area contributed by atoms with Crippen molar-refractivity contribution < 1.29 is 32.2 Å². The predicted molar refractivity (Wildman–Crippen MR) is 142 cm³/mol. The van der Waals surface area contributed by atoms with Gasteiger partial charge in [-0.05, 0) is 77.4 Å². The number of halogens is 3. The van der Waals surface area contributed by atoms with E-state index in [1.807, 2.05) is 48.5 Å². The number of para-hydroxylation sites is 1. The largest absolute Gasteiger partial charge is 0.489 e. The summed E-state index contributed by atoms with van der Waals surface area (Å²) in [4.78, 5) is 26.6. The molecule has 0 fully saturated rings. The van der Waals surface area contributed by atoms with Crippen molar-refractivity contribution in [2.45, 2.75) is 37.5 Å². The number of esters is 1. The van der Waals surface area contributed by atoms with Gasteiger partial charge in [-0.15, -0.1) is 0 Å². The molecule has 3 atom stereocenters. The van der Waals surface area contributed by atoms with Crippen molar-refractivity contribution in [3.63, 3.8) is 0 Å². The molecule has 0 radical (unpaired) electrons. The lowest BCUT2D eigenvalue weighted by Gasteiger charge is -2.36. The predicted octanol–water partition coefficient (Wildman–Crippen LogP) is 7.52. The first kappa shape index (κ1) is 25.9. The van der Waals surface area contributed by atoms with Gasteiger partial charge in [0, 0.05) is 5.92 Å². The smallest absolute Gasteiger partial charge is 0.416 e. The van der Waals surface area contributed by atoms with Gasteiger partial charge in [-0.2, -0.15) is 13.2 Å². The second kappa shape index (κ2) is 10.3. The number of alkyl halides is 3. The summed E-state index contributed by atoms with van der Waals surface area (Å²) in [7, 11) is 0. The van der Waals surface area contributed by atoms with Crippen molar-refractivity contribution in [1.82, 2.24) is 0 Å². The summed E-state index contributed by atoms with van der Waals surface area (Å²) in [6.07, 6.45) is -3.00. The number of carbonyl (C=O) groups is 2. The van der Waals surface area contributed by atoms with Gasteiger partial charge in [0.15, 0.2) is 5.78 Å². The maximum Gasteiger partial charge on any atom is 0.416 e. The van der Waals surface area contributed by atoms with Crippen LogP contribution in [0.25, 0.3) is 0 Å². The molecule has 0 amide bonds. The fourth-order valence-electron chi connectivity index (χ4n) is 5.78. The fourth-order valence-corrected chi connectivity index (χ4v) is 5.78. The molecule has 0 N–H and O–H groups in total. The molecule has 1 aliphatic heterocycles. The Bertz CT molecular complexity index is 1560. The average molecular weight is 543 g/mol. The van der Waals surface area contributed by atoms with Crippen LogP contribution in [-0.4, -0.2) is 11.8 Å². The Labute approximate surface area is 229 Å². The van der Waals surface area contributed by atoms with Crippen LogP contribution in [0.15, 0.2) is 97.1 Å². The molecule has 6 rings (SSSR count). The van der Waals surface area contributed by atoms with E-state index in [0.717, 1.165) is 35.2 Å². The summed E-state index contributed by atoms with van der Waals surface area (Å²) in [5.74, 6) is -0.985. The van der Waals surface area contributed by atoms with Crippen LogP contribution in [0.2, 0.25) is 0 Å². The van der Waals surface area contributed by atoms with Crippen molar-refractivity contribution in [2.24, 2.45) is 5.92 Å². The number of ketones is 1. The van der Waals surface area contributed by atoms with E-state index in [-0.39, 0.29) is 24.2 Å². The second-order valence-electron chi connectivity index (χ2n) is 10.3. The van der Waals surface area contributed by atoms with E-state index in [9.17, 15) is 22.8 Å². The minimum atomic E-state index is -4.37. The van der Waals surface area contributed by atoms with Crippen LogP contribution in [0, 0.1) is 5.92 Å². The van der Waals surface area contributed by atoms with Gasteiger partial charge in [0.2, 0.25) is 0 Å². The number of rotatable bonds is 5. The molecule has 4 nitrogen and oxygen atoms in total. The molecule has 0 bridgehead atoms. The Morgan fingerprint density at radius 3 is 2.27 bits per heavy atom. The third-order valence-corrected chi connectivity index (χ3v) is 7.80. The van der Waals surface area contributed by atoms with Crippen molar-refractivity contribution in [3.05, 3.63) is 130 Å². The van der Waals surface area contributed by atoms with E-state index in [4.69, 9.17) is 9.47 Å². The zero-order chi connectivity index (χ0) is 27.9. The van der Waals surface area contributed by atoms with Gasteiger partial charge in [-0.1, -0.05) is 60.7 Å². The number of hydrogen-bond acceptors (Lipinski definition) is 4. The molecule has 0 saturated heterocycles. The lowest BCUT2D eigenvalue weighted by Crippen LogP contribution is -2.39. The minimum Gasteiger partial charge on any atom is -0.489 e. The molecule has 1 heterocycles. The average Bonchev–Trinajstić information content (AvgIpc) is 2.96. The van der Waals surface area contributed by atoms with Crippen LogP contribution in [0.4, 0.5) is 13.2 Å². The van der Waals surface area contributed by atoms with Gasteiger partial charge in [-0.3, -0.25) is 9.59 Å². The van der Waals surface area contributed by atoms with Gasteiger partial charge in [0.1, 0.15) is 24.0 Å². The van der Waals surface area contributed by atoms with Gasteiger partial charge < -0.3 is 9.47 Å². The Morgan fingerprint density at radius 2 is 1.52 bits per heavy atom. The zero-order valence-corrected chi connectivity index (χ0v) is 21.4. The molecule has 0 spiro atoms. The molecule has 0 aromatic heterocycles. The number of carbonyl (C=O) groups excluding carboxylic acids is 2. The van der Waals surface area contributed by atoms with Crippen molar-refractivity contribution in [3.8, 4) is 11.5 Å². The van der Waals surface area contributed by atoms with Crippen LogP contribution in [-0.2, 0) is 24.0 Å². The van der Waals surface area contributed by atoms with E-state index in [1.165, 1.54) is 12.1 Å². The molecule has 0 saturated carbocycles. The van der Waals surface area contributed by atoms with Crippen LogP contribution in [0.3, 0.4) is 0 Å². The standard InChI is InChI=1S/C33H25F3O4/c34-33(35,36)24-13-9-20(10-14-24)19-39-25-15-11-21(12-16-25)23-17-22-5-1-2-6-26(22)28(18-23)30-31(37)27-7-3-4-8-29(27)40-32(30)38/h1-16,23,28,30H,17-19H2/t23-,28+,30?/m0/s1. The molecule has 40 heavy (non-hydrogen) atoms. The van der Waals surface area contributed by atoms with Crippen molar-refractivity contribution in [1.29, 1.82) is 0 Å². The highest BCUT2D eigenvalue weighted by Gasteiger charge is 2.45. The second-order valence-corrected chi connectivity index (χ2v) is 10.3. The SMILES string of the molecule is O=C1Oc2ccccc2C(=O)C1[C@@H]1C[C@@H](c2ccc(OCc3ccc(C(F)(F)F)cc3)cc2)Cc2ccccc21. The summed E-state index contributed by atoms with van der Waals surface area (Å²) >= 11 is 0. The molecule has 7 heteroatoms. The number of hydrogen-bond donors (Lipinski definition) is 0. The Hall–Kier alpha value is -4.39. The Morgan fingerprint density at radius 1 is 0.825 bits per heavy atom. The molecule has 1 aliphatic carbocycles. The number of benzene rings is 4. The summed E-state index contributed by atoms with van der Waals surface area (Å²) in [6, 6.07) is 27.3. The summed E-state index contributed by atoms with van der Waals surface area (Å²) in [6.45, 7) is 0.143. The number of Topliss-reactive ketones (excluding diaryl/α,β-unsaturated/α-hetero) is 1. The molecular formula is C33H25F3O4. The summed E-state index contributed by atoms with van der Waals surface area (Å²) in [5, 5.41) is 0. The topological polar surface area (TPSA) is 52.6 Å². The molecule has 1 unspecified atom stereocenters. The third kappa shape index (κ3) is 4.99. The Balaban J connectivity index is 1.20. The lowest BCUT2D eigenvalue weighted by molar-refractivity contribution is -0.139. The minimum absolute atomic E-state index is 0.0710. The van der Waals surface area contributed by atoms with Gasteiger partial charge in [0.05, 0.1) is 11.1 Å². The van der Waals surface area contributed by atoms with E-state index in [1.54, 1.807) is 24.3 Å². The highest BCUT2D eigenvalue weighted by molar-refractivity contribution is 6.14.